The number of Topliss-reactive ketones (excluding diaryl/α,β-unsaturated/α-hetero) is 2. The maximum Gasteiger partial charge on any atom is 0.159 e. The monoisotopic (exact) mass is 544 g/mol. The van der Waals surface area contributed by atoms with Gasteiger partial charge in [-0.05, 0) is 111 Å². The molecule has 4 nitrogen and oxygen atoms in total. The van der Waals surface area contributed by atoms with Crippen LogP contribution in [0.3, 0.4) is 0 Å². The molecule has 3 fully saturated rings. The molecule has 0 aliphatic heterocycles. The minimum atomic E-state index is -0.692. The van der Waals surface area contributed by atoms with E-state index >= 15 is 0 Å². The van der Waals surface area contributed by atoms with E-state index < -0.39 is 10.8 Å². The molecule has 0 aromatic heterocycles. The van der Waals surface area contributed by atoms with Crippen LogP contribution in [-0.4, -0.2) is 24.8 Å². The second-order valence-corrected chi connectivity index (χ2v) is 12.6. The minimum Gasteiger partial charge on any atom is -0.494 e. The SMILES string of the molecule is CCCCCOc1ccc(C2CCC3(CC2)C(=O)C2(CCC(c4ccc(OCCCCC)cc4)CC2)C3=O)cc1. The first kappa shape index (κ1) is 28.9. The van der Waals surface area contributed by atoms with Crippen molar-refractivity contribution in [3.8, 4) is 11.5 Å². The Kier molecular flexibility index (Phi) is 9.33. The molecule has 0 N–H and O–H groups in total. The molecular formula is C36H48O4. The maximum absolute atomic E-state index is 13.7. The first-order valence-electron chi connectivity index (χ1n) is 16.1. The third-order valence-electron chi connectivity index (χ3n) is 10.2. The Balaban J connectivity index is 1.10. The summed E-state index contributed by atoms with van der Waals surface area (Å²) in [4.78, 5) is 27.5. The van der Waals surface area contributed by atoms with E-state index in [1.807, 2.05) is 0 Å². The van der Waals surface area contributed by atoms with Crippen molar-refractivity contribution in [3.63, 3.8) is 0 Å². The van der Waals surface area contributed by atoms with Crippen molar-refractivity contribution in [2.24, 2.45) is 10.8 Å². The maximum atomic E-state index is 13.7. The average Bonchev–Trinajstić information content (AvgIpc) is 3.02. The highest BCUT2D eigenvalue weighted by Crippen LogP contribution is 2.62. The molecule has 5 rings (SSSR count). The summed E-state index contributed by atoms with van der Waals surface area (Å²) in [7, 11) is 0. The largest absolute Gasteiger partial charge is 0.494 e. The summed E-state index contributed by atoms with van der Waals surface area (Å²) in [6, 6.07) is 17.0. The predicted octanol–water partition coefficient (Wildman–Crippen LogP) is 8.96. The topological polar surface area (TPSA) is 52.6 Å². The number of hydrogen-bond donors (Lipinski definition) is 0. The lowest BCUT2D eigenvalue weighted by molar-refractivity contribution is -0.177. The van der Waals surface area contributed by atoms with E-state index in [4.69, 9.17) is 9.47 Å². The van der Waals surface area contributed by atoms with Crippen molar-refractivity contribution >= 4 is 11.6 Å². The zero-order valence-electron chi connectivity index (χ0n) is 24.7. The van der Waals surface area contributed by atoms with Crippen LogP contribution in [0.1, 0.15) is 127 Å². The van der Waals surface area contributed by atoms with Crippen molar-refractivity contribution < 1.29 is 19.1 Å². The van der Waals surface area contributed by atoms with Crippen LogP contribution in [-0.2, 0) is 9.59 Å². The Bertz CT molecular complexity index is 1010. The Hall–Kier alpha value is -2.62. The molecule has 4 heteroatoms. The highest BCUT2D eigenvalue weighted by atomic mass is 16.5. The first-order chi connectivity index (χ1) is 19.5. The number of ketones is 2. The van der Waals surface area contributed by atoms with Crippen molar-refractivity contribution in [2.45, 2.75) is 116 Å². The summed E-state index contributed by atoms with van der Waals surface area (Å²) >= 11 is 0. The second-order valence-electron chi connectivity index (χ2n) is 12.6. The Labute approximate surface area is 241 Å². The Morgan fingerprint density at radius 2 is 0.925 bits per heavy atom. The highest BCUT2D eigenvalue weighted by molar-refractivity contribution is 6.30. The molecule has 0 amide bonds. The molecule has 3 aliphatic carbocycles. The van der Waals surface area contributed by atoms with E-state index in [0.717, 1.165) is 88.9 Å². The van der Waals surface area contributed by atoms with E-state index in [1.54, 1.807) is 0 Å². The quantitative estimate of drug-likeness (QED) is 0.198. The lowest BCUT2D eigenvalue weighted by Gasteiger charge is -2.57. The van der Waals surface area contributed by atoms with Gasteiger partial charge in [0.2, 0.25) is 0 Å². The molecule has 40 heavy (non-hydrogen) atoms. The van der Waals surface area contributed by atoms with Crippen LogP contribution < -0.4 is 9.47 Å². The third kappa shape index (κ3) is 5.74. The second kappa shape index (κ2) is 12.9. The van der Waals surface area contributed by atoms with Crippen molar-refractivity contribution in [3.05, 3.63) is 59.7 Å². The number of benzene rings is 2. The number of unbranched alkanes of at least 4 members (excludes halogenated alkanes) is 4. The average molecular weight is 545 g/mol. The molecule has 0 heterocycles. The molecule has 0 atom stereocenters. The summed E-state index contributed by atoms with van der Waals surface area (Å²) < 4.78 is 11.7. The van der Waals surface area contributed by atoms with Crippen LogP contribution in [0.25, 0.3) is 0 Å². The summed E-state index contributed by atoms with van der Waals surface area (Å²) in [6.45, 7) is 5.94. The third-order valence-corrected chi connectivity index (χ3v) is 10.2. The smallest absolute Gasteiger partial charge is 0.159 e. The van der Waals surface area contributed by atoms with Gasteiger partial charge >= 0.3 is 0 Å². The van der Waals surface area contributed by atoms with Gasteiger partial charge < -0.3 is 9.47 Å². The normalized spacial score (nSPS) is 28.1. The molecule has 2 aromatic carbocycles. The molecule has 3 aliphatic rings. The van der Waals surface area contributed by atoms with E-state index in [0.29, 0.717) is 11.8 Å². The number of carbonyl (C=O) groups excluding carboxylic acids is 2. The first-order valence-corrected chi connectivity index (χ1v) is 16.1. The van der Waals surface area contributed by atoms with Gasteiger partial charge in [-0.1, -0.05) is 63.8 Å². The fraction of sp³-hybridized carbons (Fsp3) is 0.611. The van der Waals surface area contributed by atoms with Gasteiger partial charge in [-0.2, -0.15) is 0 Å². The van der Waals surface area contributed by atoms with Gasteiger partial charge in [0.05, 0.1) is 24.0 Å². The zero-order valence-corrected chi connectivity index (χ0v) is 24.7. The highest BCUT2D eigenvalue weighted by Gasteiger charge is 2.70. The van der Waals surface area contributed by atoms with Gasteiger partial charge in [0, 0.05) is 0 Å². The van der Waals surface area contributed by atoms with Crippen molar-refractivity contribution in [1.29, 1.82) is 0 Å². The molecule has 0 bridgehead atoms. The van der Waals surface area contributed by atoms with Crippen molar-refractivity contribution in [2.75, 3.05) is 13.2 Å². The van der Waals surface area contributed by atoms with E-state index in [-0.39, 0.29) is 11.6 Å². The number of hydrogen-bond acceptors (Lipinski definition) is 4. The fourth-order valence-corrected chi connectivity index (χ4v) is 7.61. The van der Waals surface area contributed by atoms with E-state index in [1.165, 1.54) is 36.8 Å². The van der Waals surface area contributed by atoms with Gasteiger partial charge in [0.15, 0.2) is 11.6 Å². The van der Waals surface area contributed by atoms with Crippen LogP contribution in [0.2, 0.25) is 0 Å². The lowest BCUT2D eigenvalue weighted by atomic mass is 9.42. The number of carbonyl (C=O) groups is 2. The van der Waals surface area contributed by atoms with Crippen LogP contribution in [0.5, 0.6) is 11.5 Å². The molecule has 0 saturated heterocycles. The van der Waals surface area contributed by atoms with E-state index in [9.17, 15) is 9.59 Å². The molecule has 2 spiro atoms. The van der Waals surface area contributed by atoms with Crippen LogP contribution >= 0.6 is 0 Å². The van der Waals surface area contributed by atoms with E-state index in [2.05, 4.69) is 62.4 Å². The van der Waals surface area contributed by atoms with Crippen LogP contribution in [0, 0.1) is 10.8 Å². The van der Waals surface area contributed by atoms with Gasteiger partial charge in [0.1, 0.15) is 11.5 Å². The summed E-state index contributed by atoms with van der Waals surface area (Å²) in [5, 5.41) is 0. The molecule has 0 unspecified atom stereocenters. The fourth-order valence-electron chi connectivity index (χ4n) is 7.61. The molecular weight excluding hydrogens is 496 g/mol. The van der Waals surface area contributed by atoms with Crippen molar-refractivity contribution in [1.82, 2.24) is 0 Å². The Morgan fingerprint density at radius 1 is 0.575 bits per heavy atom. The Morgan fingerprint density at radius 3 is 1.25 bits per heavy atom. The number of ether oxygens (including phenoxy) is 2. The molecule has 2 aromatic rings. The van der Waals surface area contributed by atoms with Crippen LogP contribution in [0.4, 0.5) is 0 Å². The van der Waals surface area contributed by atoms with Gasteiger partial charge in [-0.3, -0.25) is 9.59 Å². The minimum absolute atomic E-state index is 0.272. The van der Waals surface area contributed by atoms with Crippen LogP contribution in [0.15, 0.2) is 48.5 Å². The number of rotatable bonds is 12. The predicted molar refractivity (Wildman–Crippen MR) is 160 cm³/mol. The summed E-state index contributed by atoms with van der Waals surface area (Å²) in [5.41, 5.74) is 1.23. The summed E-state index contributed by atoms with van der Waals surface area (Å²) in [5.74, 6) is 3.25. The summed E-state index contributed by atoms with van der Waals surface area (Å²) in [6.07, 6.45) is 13.5. The van der Waals surface area contributed by atoms with Gasteiger partial charge in [0.25, 0.3) is 0 Å². The zero-order chi connectivity index (χ0) is 28.0. The molecule has 0 radical (unpaired) electrons. The van der Waals surface area contributed by atoms with Gasteiger partial charge in [-0.15, -0.1) is 0 Å². The lowest BCUT2D eigenvalue weighted by Crippen LogP contribution is -2.68. The molecule has 216 valence electrons. The molecule has 3 saturated carbocycles. The standard InChI is InChI=1S/C36H48O4/c1-3-5-7-25-39-31-13-9-27(10-14-31)29-17-21-35(22-18-29)33(37)36(34(35)38)23-19-30(20-24-36)28-11-15-32(16-12-28)40-26-8-6-4-2/h9-16,29-30H,3-8,17-26H2,1-2H3. The van der Waals surface area contributed by atoms with Gasteiger partial charge in [-0.25, -0.2) is 0 Å².